The Labute approximate surface area is 374 Å². The number of halogens is 2. The summed E-state index contributed by atoms with van der Waals surface area (Å²) >= 11 is 12.7. The Morgan fingerprint density at radius 1 is 0.609 bits per heavy atom. The van der Waals surface area contributed by atoms with Crippen LogP contribution in [-0.4, -0.2) is 39.7 Å². The van der Waals surface area contributed by atoms with Crippen molar-refractivity contribution in [3.8, 4) is 0 Å². The SMILES string of the molecule is CC(NC(=O)c1cn2c3ccccc3c(=O)n(Cc3ccccc3Cl)c2n1)c1ccccc1.O=C(NCc1ccco1)c1cn2c3ccccc3c(=O)n(Cc3ccccc3Cl)c2n1. The molecule has 2 amide bonds. The molecule has 318 valence electrons. The van der Waals surface area contributed by atoms with E-state index in [1.54, 1.807) is 68.4 Å². The van der Waals surface area contributed by atoms with E-state index in [1.165, 1.54) is 4.57 Å². The number of amides is 2. The monoisotopic (exact) mass is 888 g/mol. The molecular weight excluding hydrogens is 851 g/mol. The van der Waals surface area contributed by atoms with Crippen molar-refractivity contribution < 1.29 is 14.0 Å². The van der Waals surface area contributed by atoms with Crippen LogP contribution >= 0.6 is 23.2 Å². The lowest BCUT2D eigenvalue weighted by atomic mass is 10.1. The van der Waals surface area contributed by atoms with Crippen molar-refractivity contribution >= 4 is 68.4 Å². The molecule has 10 aromatic rings. The van der Waals surface area contributed by atoms with Crippen molar-refractivity contribution in [1.29, 1.82) is 0 Å². The second kappa shape index (κ2) is 17.9. The summed E-state index contributed by atoms with van der Waals surface area (Å²) in [7, 11) is 0. The molecule has 10 rings (SSSR count). The third kappa shape index (κ3) is 8.29. The zero-order valence-electron chi connectivity index (χ0n) is 34.2. The van der Waals surface area contributed by atoms with E-state index in [0.29, 0.717) is 49.2 Å². The average molecular weight is 890 g/mol. The van der Waals surface area contributed by atoms with E-state index in [1.807, 2.05) is 110 Å². The molecule has 64 heavy (non-hydrogen) atoms. The van der Waals surface area contributed by atoms with Crippen LogP contribution in [0.4, 0.5) is 0 Å². The molecule has 1 atom stereocenters. The number of para-hydroxylation sites is 2. The highest BCUT2D eigenvalue weighted by Gasteiger charge is 2.21. The molecule has 0 spiro atoms. The molecule has 0 aliphatic rings. The number of hydrogen-bond donors (Lipinski definition) is 2. The smallest absolute Gasteiger partial charge is 0.272 e. The fourth-order valence-corrected chi connectivity index (χ4v) is 7.93. The third-order valence-corrected chi connectivity index (χ3v) is 11.6. The second-order valence-electron chi connectivity index (χ2n) is 15.0. The van der Waals surface area contributed by atoms with Gasteiger partial charge >= 0.3 is 0 Å². The average Bonchev–Trinajstić information content (AvgIpc) is 4.12. The van der Waals surface area contributed by atoms with Gasteiger partial charge < -0.3 is 15.1 Å². The largest absolute Gasteiger partial charge is 0.467 e. The van der Waals surface area contributed by atoms with E-state index in [2.05, 4.69) is 20.6 Å². The predicted molar refractivity (Wildman–Crippen MR) is 247 cm³/mol. The zero-order chi connectivity index (χ0) is 44.3. The number of carbonyl (C=O) groups excluding carboxylic acids is 2. The Balaban J connectivity index is 0.000000162. The molecule has 0 radical (unpaired) electrons. The summed E-state index contributed by atoms with van der Waals surface area (Å²) in [6.07, 6.45) is 4.86. The molecule has 15 heteroatoms. The molecule has 0 fully saturated rings. The van der Waals surface area contributed by atoms with E-state index >= 15 is 0 Å². The molecule has 5 heterocycles. The molecule has 5 aromatic heterocycles. The van der Waals surface area contributed by atoms with Crippen molar-refractivity contribution in [2.75, 3.05) is 0 Å². The summed E-state index contributed by atoms with van der Waals surface area (Å²) < 4.78 is 11.9. The van der Waals surface area contributed by atoms with E-state index in [-0.39, 0.29) is 60.0 Å². The Kier molecular flexibility index (Phi) is 11.7. The number of rotatable bonds is 10. The normalized spacial score (nSPS) is 11.7. The van der Waals surface area contributed by atoms with Crippen LogP contribution in [0.15, 0.2) is 172 Å². The number of nitrogens with zero attached hydrogens (tertiary/aromatic N) is 6. The number of hydrogen-bond acceptors (Lipinski definition) is 7. The molecule has 0 saturated heterocycles. The number of nitrogens with one attached hydrogen (secondary N) is 2. The lowest BCUT2D eigenvalue weighted by molar-refractivity contribution is 0.0930. The summed E-state index contributed by atoms with van der Waals surface area (Å²) in [5.41, 5.74) is 4.00. The van der Waals surface area contributed by atoms with E-state index in [0.717, 1.165) is 16.7 Å². The number of imidazole rings is 2. The van der Waals surface area contributed by atoms with Crippen LogP contribution in [0.5, 0.6) is 0 Å². The minimum Gasteiger partial charge on any atom is -0.467 e. The number of carbonyl (C=O) groups is 2. The van der Waals surface area contributed by atoms with Crippen molar-refractivity contribution in [3.05, 3.63) is 223 Å². The first-order valence-corrected chi connectivity index (χ1v) is 21.0. The number of benzene rings is 5. The quantitative estimate of drug-likeness (QED) is 0.140. The predicted octanol–water partition coefficient (Wildman–Crippen LogP) is 8.72. The maximum absolute atomic E-state index is 13.4. The van der Waals surface area contributed by atoms with Gasteiger partial charge in [0.2, 0.25) is 11.6 Å². The van der Waals surface area contributed by atoms with E-state index in [9.17, 15) is 19.2 Å². The van der Waals surface area contributed by atoms with Gasteiger partial charge in [-0.2, -0.15) is 0 Å². The number of aromatic nitrogens is 6. The van der Waals surface area contributed by atoms with Crippen molar-refractivity contribution in [3.63, 3.8) is 0 Å². The fourth-order valence-electron chi connectivity index (χ4n) is 7.54. The Morgan fingerprint density at radius 3 is 1.61 bits per heavy atom. The molecule has 0 aliphatic heterocycles. The summed E-state index contributed by atoms with van der Waals surface area (Å²) in [5, 5.41) is 7.97. The van der Waals surface area contributed by atoms with E-state index < -0.39 is 0 Å². The fraction of sp³-hybridized carbons (Fsp3) is 0.102. The minimum absolute atomic E-state index is 0.187. The molecule has 2 N–H and O–H groups in total. The van der Waals surface area contributed by atoms with Gasteiger partial charge in [0.15, 0.2) is 0 Å². The highest BCUT2D eigenvalue weighted by atomic mass is 35.5. The van der Waals surface area contributed by atoms with E-state index in [4.69, 9.17) is 27.6 Å². The summed E-state index contributed by atoms with van der Waals surface area (Å²) in [6, 6.07) is 42.3. The van der Waals surface area contributed by atoms with Crippen LogP contribution < -0.4 is 21.8 Å². The van der Waals surface area contributed by atoms with Gasteiger partial charge in [0, 0.05) is 22.4 Å². The molecular formula is C49H38Cl2N8O5. The van der Waals surface area contributed by atoms with Crippen LogP contribution in [0.1, 0.15) is 56.4 Å². The van der Waals surface area contributed by atoms with Crippen LogP contribution in [0.25, 0.3) is 33.4 Å². The Bertz CT molecular complexity index is 3470. The molecule has 5 aromatic carbocycles. The lowest BCUT2D eigenvalue weighted by Crippen LogP contribution is -2.27. The van der Waals surface area contributed by atoms with Crippen molar-refractivity contribution in [2.24, 2.45) is 0 Å². The van der Waals surface area contributed by atoms with Gasteiger partial charge in [-0.15, -0.1) is 0 Å². The zero-order valence-corrected chi connectivity index (χ0v) is 35.7. The summed E-state index contributed by atoms with van der Waals surface area (Å²) in [4.78, 5) is 61.5. The topological polar surface area (TPSA) is 150 Å². The second-order valence-corrected chi connectivity index (χ2v) is 15.8. The van der Waals surface area contributed by atoms with Gasteiger partial charge in [-0.3, -0.25) is 37.1 Å². The van der Waals surface area contributed by atoms with Gasteiger partial charge in [0.25, 0.3) is 22.9 Å². The third-order valence-electron chi connectivity index (χ3n) is 10.8. The number of fused-ring (bicyclic) bond motifs is 6. The first-order valence-electron chi connectivity index (χ1n) is 20.3. The molecule has 0 bridgehead atoms. The van der Waals surface area contributed by atoms with Crippen LogP contribution in [-0.2, 0) is 19.6 Å². The van der Waals surface area contributed by atoms with Gasteiger partial charge in [-0.05, 0) is 72.1 Å². The van der Waals surface area contributed by atoms with Gasteiger partial charge in [0.1, 0.15) is 17.1 Å². The lowest BCUT2D eigenvalue weighted by Gasteiger charge is -2.13. The Hall–Kier alpha value is -7.74. The van der Waals surface area contributed by atoms with Gasteiger partial charge in [0.05, 0.1) is 53.7 Å². The first kappa shape index (κ1) is 41.6. The Morgan fingerprint density at radius 2 is 1.09 bits per heavy atom. The highest BCUT2D eigenvalue weighted by molar-refractivity contribution is 6.31. The summed E-state index contributed by atoms with van der Waals surface area (Å²) in [5.74, 6) is 0.720. The first-order chi connectivity index (χ1) is 31.1. The minimum atomic E-state index is -0.360. The molecule has 0 aliphatic carbocycles. The molecule has 0 saturated carbocycles. The van der Waals surface area contributed by atoms with Crippen LogP contribution in [0, 0.1) is 0 Å². The van der Waals surface area contributed by atoms with Crippen molar-refractivity contribution in [2.45, 2.75) is 32.6 Å². The maximum atomic E-state index is 13.4. The number of furan rings is 1. The van der Waals surface area contributed by atoms with Gasteiger partial charge in [-0.25, -0.2) is 9.97 Å². The van der Waals surface area contributed by atoms with Crippen LogP contribution in [0.2, 0.25) is 10.0 Å². The summed E-state index contributed by atoms with van der Waals surface area (Å²) in [6.45, 7) is 2.64. The van der Waals surface area contributed by atoms with Gasteiger partial charge in [-0.1, -0.05) is 114 Å². The standard InChI is InChI=1S/C26H21ClN4O2.C23H17ClN4O3/c1-17(18-9-3-2-4-10-18)28-24(32)22-16-30-23-14-8-6-12-20(23)25(33)31(26(30)29-22)15-19-11-5-7-13-21(19)27;24-18-9-3-1-6-15(18)13-28-22(30)17-8-2-4-10-20(17)27-14-19(26-23(27)28)21(29)25-12-16-7-5-11-31-16/h2-14,16-17H,15H2,1H3,(H,28,32);1-11,14H,12-13H2,(H,25,29). The highest BCUT2D eigenvalue weighted by Crippen LogP contribution is 2.22. The van der Waals surface area contributed by atoms with Crippen LogP contribution in [0.3, 0.4) is 0 Å². The molecule has 13 nitrogen and oxygen atoms in total. The molecule has 1 unspecified atom stereocenters. The van der Waals surface area contributed by atoms with Crippen molar-refractivity contribution in [1.82, 2.24) is 38.5 Å². The maximum Gasteiger partial charge on any atom is 0.272 e.